The van der Waals surface area contributed by atoms with Crippen LogP contribution in [-0.2, 0) is 6.54 Å². The molecule has 0 atom stereocenters. The molecule has 0 unspecified atom stereocenters. The van der Waals surface area contributed by atoms with Gasteiger partial charge in [0, 0.05) is 11.9 Å². The van der Waals surface area contributed by atoms with Crippen molar-refractivity contribution in [2.45, 2.75) is 52.0 Å². The van der Waals surface area contributed by atoms with Crippen LogP contribution in [0.2, 0.25) is 0 Å². The largest absolute Gasteiger partial charge is 0.311 e. The molecule has 1 N–H and O–H groups in total. The lowest BCUT2D eigenvalue weighted by Crippen LogP contribution is -2.14. The summed E-state index contributed by atoms with van der Waals surface area (Å²) >= 11 is 1.67. The topological polar surface area (TPSA) is 24.9 Å². The van der Waals surface area contributed by atoms with Gasteiger partial charge in [0.05, 0.1) is 11.2 Å². The molecule has 1 aromatic rings. The third kappa shape index (κ3) is 6.63. The van der Waals surface area contributed by atoms with Gasteiger partial charge in [0.25, 0.3) is 0 Å². The average Bonchev–Trinajstić information content (AvgIpc) is 2.75. The molecule has 3 heteroatoms. The van der Waals surface area contributed by atoms with Crippen molar-refractivity contribution in [1.29, 1.82) is 0 Å². The molecule has 0 aliphatic carbocycles. The lowest BCUT2D eigenvalue weighted by atomic mass is 10.1. The molecule has 0 radical (unpaired) electrons. The van der Waals surface area contributed by atoms with E-state index in [1.54, 1.807) is 11.3 Å². The van der Waals surface area contributed by atoms with Crippen LogP contribution >= 0.6 is 11.3 Å². The fraction of sp³-hybridized carbons (Fsp3) is 0.750. The van der Waals surface area contributed by atoms with E-state index >= 15 is 0 Å². The normalized spacial score (nSPS) is 10.7. The van der Waals surface area contributed by atoms with Crippen molar-refractivity contribution in [1.82, 2.24) is 10.3 Å². The zero-order valence-electron chi connectivity index (χ0n) is 9.67. The molecule has 0 fully saturated rings. The summed E-state index contributed by atoms with van der Waals surface area (Å²) in [6, 6.07) is 0. The summed E-state index contributed by atoms with van der Waals surface area (Å²) in [5, 5.41) is 5.53. The van der Waals surface area contributed by atoms with Crippen LogP contribution in [0.15, 0.2) is 10.9 Å². The molecule has 15 heavy (non-hydrogen) atoms. The molecule has 0 saturated carbocycles. The second kappa shape index (κ2) is 8.86. The van der Waals surface area contributed by atoms with E-state index in [0.29, 0.717) is 0 Å². The molecule has 0 saturated heterocycles. The molecular weight excluding hydrogens is 204 g/mol. The first-order valence-corrected chi connectivity index (χ1v) is 6.95. The molecule has 2 nitrogen and oxygen atoms in total. The van der Waals surface area contributed by atoms with Gasteiger partial charge in [0.1, 0.15) is 0 Å². The summed E-state index contributed by atoms with van der Waals surface area (Å²) in [5.41, 5.74) is 3.06. The van der Waals surface area contributed by atoms with Crippen molar-refractivity contribution in [2.75, 3.05) is 6.54 Å². The first-order valence-electron chi connectivity index (χ1n) is 6.01. The van der Waals surface area contributed by atoms with Crippen molar-refractivity contribution in [3.8, 4) is 0 Å². The van der Waals surface area contributed by atoms with Gasteiger partial charge in [-0.2, -0.15) is 0 Å². The molecule has 1 heterocycles. The Morgan fingerprint density at radius 3 is 2.73 bits per heavy atom. The van der Waals surface area contributed by atoms with Gasteiger partial charge in [-0.3, -0.25) is 0 Å². The predicted octanol–water partition coefficient (Wildman–Crippen LogP) is 3.59. The van der Waals surface area contributed by atoms with E-state index in [9.17, 15) is 0 Å². The number of nitrogens with zero attached hydrogens (tertiary/aromatic N) is 1. The maximum Gasteiger partial charge on any atom is 0.0795 e. The Morgan fingerprint density at radius 2 is 2.00 bits per heavy atom. The fourth-order valence-electron chi connectivity index (χ4n) is 1.57. The smallest absolute Gasteiger partial charge is 0.0795 e. The van der Waals surface area contributed by atoms with E-state index in [-0.39, 0.29) is 0 Å². The summed E-state index contributed by atoms with van der Waals surface area (Å²) < 4.78 is 0. The third-order valence-corrected chi connectivity index (χ3v) is 3.13. The number of nitrogens with one attached hydrogen (secondary N) is 1. The first-order chi connectivity index (χ1) is 7.43. The Morgan fingerprint density at radius 1 is 1.20 bits per heavy atom. The number of aromatic nitrogens is 1. The lowest BCUT2D eigenvalue weighted by Gasteiger charge is -2.02. The zero-order chi connectivity index (χ0) is 10.8. The predicted molar refractivity (Wildman–Crippen MR) is 67.2 cm³/mol. The Bertz CT molecular complexity index is 222. The summed E-state index contributed by atoms with van der Waals surface area (Å²) in [6.07, 6.45) is 8.20. The number of thiazole rings is 1. The van der Waals surface area contributed by atoms with E-state index in [1.807, 2.05) is 5.51 Å². The van der Waals surface area contributed by atoms with Gasteiger partial charge in [0.15, 0.2) is 0 Å². The monoisotopic (exact) mass is 226 g/mol. The highest BCUT2D eigenvalue weighted by atomic mass is 32.1. The molecule has 0 aromatic carbocycles. The zero-order valence-corrected chi connectivity index (χ0v) is 10.5. The van der Waals surface area contributed by atoms with Gasteiger partial charge in [-0.25, -0.2) is 4.98 Å². The summed E-state index contributed by atoms with van der Waals surface area (Å²) in [7, 11) is 0. The molecule has 0 bridgehead atoms. The minimum absolute atomic E-state index is 0.929. The second-order valence-electron chi connectivity index (χ2n) is 3.92. The van der Waals surface area contributed by atoms with Crippen molar-refractivity contribution in [2.24, 2.45) is 0 Å². The van der Waals surface area contributed by atoms with Crippen LogP contribution in [-0.4, -0.2) is 11.5 Å². The van der Waals surface area contributed by atoms with Gasteiger partial charge in [-0.15, -0.1) is 11.3 Å². The van der Waals surface area contributed by atoms with Gasteiger partial charge in [-0.05, 0) is 13.0 Å². The van der Waals surface area contributed by atoms with E-state index in [2.05, 4.69) is 22.6 Å². The molecule has 86 valence electrons. The number of hydrogen-bond donors (Lipinski definition) is 1. The molecule has 0 aliphatic heterocycles. The van der Waals surface area contributed by atoms with Crippen LogP contribution in [0.1, 0.15) is 51.1 Å². The Hall–Kier alpha value is -0.410. The highest BCUT2D eigenvalue weighted by Crippen LogP contribution is 2.04. The highest BCUT2D eigenvalue weighted by Gasteiger charge is 1.93. The molecule has 1 rings (SSSR count). The van der Waals surface area contributed by atoms with Crippen LogP contribution in [0.3, 0.4) is 0 Å². The van der Waals surface area contributed by atoms with Crippen LogP contribution in [0.4, 0.5) is 0 Å². The fourth-order valence-corrected chi connectivity index (χ4v) is 2.13. The van der Waals surface area contributed by atoms with Crippen LogP contribution < -0.4 is 5.32 Å². The average molecular weight is 226 g/mol. The van der Waals surface area contributed by atoms with Crippen molar-refractivity contribution in [3.63, 3.8) is 0 Å². The Kier molecular flexibility index (Phi) is 7.48. The van der Waals surface area contributed by atoms with E-state index in [4.69, 9.17) is 0 Å². The van der Waals surface area contributed by atoms with Crippen LogP contribution in [0.25, 0.3) is 0 Å². The SMILES string of the molecule is CCCCCCCCNCc1cscn1. The summed E-state index contributed by atoms with van der Waals surface area (Å²) in [6.45, 7) is 4.32. The minimum Gasteiger partial charge on any atom is -0.311 e. The van der Waals surface area contributed by atoms with Gasteiger partial charge in [-0.1, -0.05) is 39.0 Å². The van der Waals surface area contributed by atoms with Crippen molar-refractivity contribution >= 4 is 11.3 Å². The van der Waals surface area contributed by atoms with Crippen molar-refractivity contribution in [3.05, 3.63) is 16.6 Å². The second-order valence-corrected chi connectivity index (χ2v) is 4.64. The van der Waals surface area contributed by atoms with Gasteiger partial charge in [0.2, 0.25) is 0 Å². The maximum atomic E-state index is 4.23. The first kappa shape index (κ1) is 12.7. The quantitative estimate of drug-likeness (QED) is 0.651. The van der Waals surface area contributed by atoms with E-state index in [1.165, 1.54) is 44.2 Å². The molecule has 0 spiro atoms. The Labute approximate surface area is 97.1 Å². The van der Waals surface area contributed by atoms with Gasteiger partial charge < -0.3 is 5.32 Å². The number of unbranched alkanes of at least 4 members (excludes halogenated alkanes) is 5. The summed E-state index contributed by atoms with van der Waals surface area (Å²) in [4.78, 5) is 4.23. The Balaban J connectivity index is 1.81. The van der Waals surface area contributed by atoms with Crippen molar-refractivity contribution < 1.29 is 0 Å². The number of hydrogen-bond acceptors (Lipinski definition) is 3. The van der Waals surface area contributed by atoms with E-state index in [0.717, 1.165) is 13.1 Å². The summed E-state index contributed by atoms with van der Waals surface area (Å²) in [5.74, 6) is 0. The molecular formula is C12H22N2S. The van der Waals surface area contributed by atoms with E-state index < -0.39 is 0 Å². The molecule has 0 aliphatic rings. The third-order valence-electron chi connectivity index (χ3n) is 2.50. The minimum atomic E-state index is 0.929. The van der Waals surface area contributed by atoms with Gasteiger partial charge >= 0.3 is 0 Å². The number of rotatable bonds is 9. The maximum absolute atomic E-state index is 4.23. The van der Waals surface area contributed by atoms with Crippen LogP contribution in [0.5, 0.6) is 0 Å². The standard InChI is InChI=1S/C12H22N2S/c1-2-3-4-5-6-7-8-13-9-12-10-15-11-14-12/h10-11,13H,2-9H2,1H3. The lowest BCUT2D eigenvalue weighted by molar-refractivity contribution is 0.570. The molecule has 1 aromatic heterocycles. The highest BCUT2D eigenvalue weighted by molar-refractivity contribution is 7.07. The van der Waals surface area contributed by atoms with Crippen LogP contribution in [0, 0.1) is 0 Å². The molecule has 0 amide bonds.